The van der Waals surface area contributed by atoms with Gasteiger partial charge in [0, 0.05) is 37.6 Å². The molecular weight excluding hydrogens is 216 g/mol. The maximum atomic E-state index is 11.1. The lowest BCUT2D eigenvalue weighted by molar-refractivity contribution is -0.377. The van der Waals surface area contributed by atoms with Gasteiger partial charge in [-0.3, -0.25) is 0 Å². The summed E-state index contributed by atoms with van der Waals surface area (Å²) in [6.07, 6.45) is 0.607. The summed E-state index contributed by atoms with van der Waals surface area (Å²) < 4.78 is 20.4. The third kappa shape index (κ3) is 3.42. The van der Waals surface area contributed by atoms with E-state index in [0.717, 1.165) is 16.3 Å². The van der Waals surface area contributed by atoms with Gasteiger partial charge in [-0.05, 0) is 6.04 Å². The number of ether oxygens (including phenoxy) is 4. The molecular formula is C9H18O5Si. The third-order valence-corrected chi connectivity index (χ3v) is 2.77. The largest absolute Gasteiger partial charge is 0.402 e. The van der Waals surface area contributed by atoms with Crippen molar-refractivity contribution in [1.82, 2.24) is 0 Å². The molecule has 0 rings (SSSR count). The summed E-state index contributed by atoms with van der Waals surface area (Å²) in [4.78, 5) is 11.1. The van der Waals surface area contributed by atoms with Gasteiger partial charge in [0.1, 0.15) is 6.10 Å². The van der Waals surface area contributed by atoms with Crippen molar-refractivity contribution in [2.75, 3.05) is 21.3 Å². The zero-order chi connectivity index (χ0) is 11.9. The van der Waals surface area contributed by atoms with Crippen LogP contribution in [0.25, 0.3) is 0 Å². The van der Waals surface area contributed by atoms with Crippen molar-refractivity contribution in [2.45, 2.75) is 18.1 Å². The third-order valence-electron chi connectivity index (χ3n) is 2.03. The van der Waals surface area contributed by atoms with E-state index in [9.17, 15) is 4.79 Å². The maximum absolute atomic E-state index is 11.1. The van der Waals surface area contributed by atoms with Gasteiger partial charge in [-0.2, -0.15) is 0 Å². The van der Waals surface area contributed by atoms with Crippen LogP contribution >= 0.6 is 0 Å². The molecule has 0 aromatic carbocycles. The molecule has 0 bridgehead atoms. The normalized spacial score (nSPS) is 13.5. The molecule has 0 N–H and O–H groups in total. The highest BCUT2D eigenvalue weighted by molar-refractivity contribution is 6.08. The zero-order valence-electron chi connectivity index (χ0n) is 9.61. The Kier molecular flexibility index (Phi) is 6.42. The molecule has 0 amide bonds. The summed E-state index contributed by atoms with van der Waals surface area (Å²) in [5, 5.41) is 0. The second kappa shape index (κ2) is 6.73. The van der Waals surface area contributed by atoms with Crippen LogP contribution in [0, 0.1) is 0 Å². The Balaban J connectivity index is 4.84. The minimum absolute atomic E-state index is 0.442. The van der Waals surface area contributed by atoms with E-state index in [-0.39, 0.29) is 0 Å². The molecule has 0 saturated heterocycles. The molecule has 0 aliphatic carbocycles. The Morgan fingerprint density at radius 2 is 2.00 bits per heavy atom. The molecule has 0 aliphatic rings. The first-order chi connectivity index (χ1) is 7.10. The van der Waals surface area contributed by atoms with E-state index in [0.29, 0.717) is 6.04 Å². The van der Waals surface area contributed by atoms with Crippen LogP contribution in [0.3, 0.4) is 0 Å². The van der Waals surface area contributed by atoms with Gasteiger partial charge in [-0.25, -0.2) is 4.79 Å². The van der Waals surface area contributed by atoms with Gasteiger partial charge in [0.15, 0.2) is 0 Å². The predicted molar refractivity (Wildman–Crippen MR) is 58.6 cm³/mol. The molecule has 15 heavy (non-hydrogen) atoms. The smallest absolute Gasteiger partial charge is 0.356 e. The molecule has 0 aliphatic heterocycles. The van der Waals surface area contributed by atoms with Crippen molar-refractivity contribution in [3.8, 4) is 0 Å². The van der Waals surface area contributed by atoms with Crippen molar-refractivity contribution in [3.05, 3.63) is 12.7 Å². The number of hydrogen-bond donors (Lipinski definition) is 0. The Bertz CT molecular complexity index is 211. The summed E-state index contributed by atoms with van der Waals surface area (Å²) in [5.41, 5.74) is 0. The lowest BCUT2D eigenvalue weighted by atomic mass is 10.3. The van der Waals surface area contributed by atoms with Crippen LogP contribution in [0.2, 0.25) is 6.04 Å². The van der Waals surface area contributed by atoms with Crippen molar-refractivity contribution in [1.29, 1.82) is 0 Å². The predicted octanol–water partition coefficient (Wildman–Crippen LogP) is -0.539. The molecule has 0 aromatic heterocycles. The van der Waals surface area contributed by atoms with Crippen LogP contribution in [0.5, 0.6) is 0 Å². The number of rotatable bonds is 7. The van der Waals surface area contributed by atoms with E-state index >= 15 is 0 Å². The molecule has 1 unspecified atom stereocenters. The SMILES string of the molecule is C=CC(=O)OC(OC)(OC)C(C[SiH3])OC. The average molecular weight is 234 g/mol. The van der Waals surface area contributed by atoms with E-state index in [1.165, 1.54) is 21.3 Å². The van der Waals surface area contributed by atoms with Gasteiger partial charge in [-0.15, -0.1) is 0 Å². The van der Waals surface area contributed by atoms with Crippen molar-refractivity contribution >= 4 is 16.2 Å². The van der Waals surface area contributed by atoms with Gasteiger partial charge in [-0.1, -0.05) is 6.58 Å². The van der Waals surface area contributed by atoms with Gasteiger partial charge in [0.25, 0.3) is 0 Å². The molecule has 1 atom stereocenters. The first kappa shape index (κ1) is 14.3. The molecule has 0 fully saturated rings. The van der Waals surface area contributed by atoms with Gasteiger partial charge < -0.3 is 18.9 Å². The molecule has 0 spiro atoms. The molecule has 5 nitrogen and oxygen atoms in total. The summed E-state index contributed by atoms with van der Waals surface area (Å²) in [7, 11) is 5.17. The number of carbonyl (C=O) groups is 1. The molecule has 0 saturated carbocycles. The first-order valence-corrected chi connectivity index (χ1v) is 6.00. The van der Waals surface area contributed by atoms with E-state index in [1.54, 1.807) is 0 Å². The Hall–Kier alpha value is -0.693. The summed E-state index contributed by atoms with van der Waals surface area (Å²) in [5.74, 6) is -2.10. The molecule has 0 aromatic rings. The van der Waals surface area contributed by atoms with Crippen LogP contribution in [-0.4, -0.2) is 49.6 Å². The number of methoxy groups -OCH3 is 3. The van der Waals surface area contributed by atoms with E-state index < -0.39 is 18.0 Å². The molecule has 0 heterocycles. The fourth-order valence-electron chi connectivity index (χ4n) is 1.24. The highest BCUT2D eigenvalue weighted by atomic mass is 28.1. The number of hydrogen-bond acceptors (Lipinski definition) is 5. The minimum atomic E-state index is -1.48. The quantitative estimate of drug-likeness (QED) is 0.256. The van der Waals surface area contributed by atoms with Crippen molar-refractivity contribution < 1.29 is 23.7 Å². The van der Waals surface area contributed by atoms with Crippen LogP contribution in [-0.2, 0) is 23.7 Å². The monoisotopic (exact) mass is 234 g/mol. The summed E-state index contributed by atoms with van der Waals surface area (Å²) >= 11 is 0. The lowest BCUT2D eigenvalue weighted by Gasteiger charge is -2.34. The fourth-order valence-corrected chi connectivity index (χ4v) is 2.07. The van der Waals surface area contributed by atoms with Crippen LogP contribution in [0.15, 0.2) is 12.7 Å². The Labute approximate surface area is 92.8 Å². The first-order valence-electron chi connectivity index (χ1n) is 4.58. The van der Waals surface area contributed by atoms with Crippen LogP contribution in [0.1, 0.15) is 0 Å². The van der Waals surface area contributed by atoms with Gasteiger partial charge in [0.2, 0.25) is 0 Å². The van der Waals surface area contributed by atoms with E-state index in [4.69, 9.17) is 18.9 Å². The molecule has 0 radical (unpaired) electrons. The van der Waals surface area contributed by atoms with E-state index in [1.807, 2.05) is 0 Å². The van der Waals surface area contributed by atoms with Gasteiger partial charge >= 0.3 is 11.9 Å². The van der Waals surface area contributed by atoms with Crippen LogP contribution < -0.4 is 0 Å². The highest BCUT2D eigenvalue weighted by Gasteiger charge is 2.43. The average Bonchev–Trinajstić information content (AvgIpc) is 2.28. The molecule has 88 valence electrons. The standard InChI is InChI=1S/C9H18O5Si/c1-5-8(10)14-9(12-3,13-4)7(6-15)11-2/h5,7H,1,6H2,2-4,15H3. The number of carbonyl (C=O) groups excluding carboxylic acids is 1. The fraction of sp³-hybridized carbons (Fsp3) is 0.667. The Morgan fingerprint density at radius 3 is 2.27 bits per heavy atom. The minimum Gasteiger partial charge on any atom is -0.402 e. The summed E-state index contributed by atoms with van der Waals surface area (Å²) in [6.45, 7) is 3.31. The van der Waals surface area contributed by atoms with Crippen molar-refractivity contribution in [3.63, 3.8) is 0 Å². The lowest BCUT2D eigenvalue weighted by Crippen LogP contribution is -2.50. The second-order valence-electron chi connectivity index (χ2n) is 2.77. The Morgan fingerprint density at radius 1 is 1.47 bits per heavy atom. The molecule has 6 heteroatoms. The van der Waals surface area contributed by atoms with E-state index in [2.05, 4.69) is 6.58 Å². The van der Waals surface area contributed by atoms with Gasteiger partial charge in [0.05, 0.1) is 0 Å². The van der Waals surface area contributed by atoms with Crippen LogP contribution in [0.4, 0.5) is 0 Å². The highest BCUT2D eigenvalue weighted by Crippen LogP contribution is 2.23. The van der Waals surface area contributed by atoms with Crippen molar-refractivity contribution in [2.24, 2.45) is 0 Å². The summed E-state index contributed by atoms with van der Waals surface area (Å²) in [6, 6.07) is 0.711. The number of esters is 1. The topological polar surface area (TPSA) is 54.0 Å². The maximum Gasteiger partial charge on any atom is 0.356 e. The zero-order valence-corrected chi connectivity index (χ0v) is 11.6. The second-order valence-corrected chi connectivity index (χ2v) is 3.59.